The minimum absolute atomic E-state index is 0.0831. The summed E-state index contributed by atoms with van der Waals surface area (Å²) in [6.07, 6.45) is 8.10. The van der Waals surface area contributed by atoms with E-state index in [9.17, 15) is 14.7 Å². The quantitative estimate of drug-likeness (QED) is 0.814. The number of carbonyl (C=O) groups is 1. The molecule has 88 valence electrons. The maximum absolute atomic E-state index is 11.5. The summed E-state index contributed by atoms with van der Waals surface area (Å²) in [7, 11) is 0. The summed E-state index contributed by atoms with van der Waals surface area (Å²) in [6, 6.07) is -0.709. The van der Waals surface area contributed by atoms with Crippen LogP contribution in [0.15, 0.2) is 17.2 Å². The lowest BCUT2D eigenvalue weighted by molar-refractivity contribution is -0.143. The van der Waals surface area contributed by atoms with Crippen LogP contribution < -0.4 is 5.69 Å². The predicted molar refractivity (Wildman–Crippen MR) is 58.3 cm³/mol. The zero-order chi connectivity index (χ0) is 11.5. The molecule has 1 unspecified atom stereocenters. The molecule has 0 saturated heterocycles. The van der Waals surface area contributed by atoms with Crippen LogP contribution in [0.4, 0.5) is 0 Å². The second-order valence-electron chi connectivity index (χ2n) is 4.35. The van der Waals surface area contributed by atoms with Crippen molar-refractivity contribution in [1.29, 1.82) is 0 Å². The molecule has 2 N–H and O–H groups in total. The third-order valence-corrected chi connectivity index (χ3v) is 3.33. The summed E-state index contributed by atoms with van der Waals surface area (Å²) in [4.78, 5) is 25.2. The molecule has 0 bridgehead atoms. The Morgan fingerprint density at radius 3 is 2.62 bits per heavy atom. The van der Waals surface area contributed by atoms with Crippen LogP contribution in [-0.2, 0) is 4.79 Å². The van der Waals surface area contributed by atoms with Crippen molar-refractivity contribution >= 4 is 5.97 Å². The number of carboxylic acid groups (broad SMARTS) is 1. The molecule has 1 aromatic rings. The van der Waals surface area contributed by atoms with Gasteiger partial charge in [-0.15, -0.1) is 0 Å². The molecule has 0 amide bonds. The number of nitrogens with one attached hydrogen (secondary N) is 1. The van der Waals surface area contributed by atoms with Crippen molar-refractivity contribution in [3.8, 4) is 0 Å². The van der Waals surface area contributed by atoms with Gasteiger partial charge in [0.2, 0.25) is 0 Å². The molecule has 1 aliphatic rings. The third kappa shape index (κ3) is 2.03. The van der Waals surface area contributed by atoms with Crippen LogP contribution in [0.5, 0.6) is 0 Å². The number of aromatic nitrogens is 2. The van der Waals surface area contributed by atoms with Crippen LogP contribution >= 0.6 is 0 Å². The molecule has 5 heteroatoms. The lowest BCUT2D eigenvalue weighted by atomic mass is 9.84. The molecule has 1 heterocycles. The van der Waals surface area contributed by atoms with Gasteiger partial charge in [-0.3, -0.25) is 4.57 Å². The summed E-state index contributed by atoms with van der Waals surface area (Å²) >= 11 is 0. The van der Waals surface area contributed by atoms with E-state index in [1.165, 1.54) is 23.4 Å². The number of carboxylic acids is 1. The Balaban J connectivity index is 2.26. The van der Waals surface area contributed by atoms with Crippen molar-refractivity contribution in [1.82, 2.24) is 9.55 Å². The molecule has 1 aliphatic carbocycles. The number of hydrogen-bond donors (Lipinski definition) is 2. The number of nitrogens with zero attached hydrogens (tertiary/aromatic N) is 1. The molecule has 0 spiro atoms. The zero-order valence-electron chi connectivity index (χ0n) is 9.06. The van der Waals surface area contributed by atoms with Gasteiger partial charge in [-0.2, -0.15) is 0 Å². The zero-order valence-corrected chi connectivity index (χ0v) is 9.06. The second-order valence-corrected chi connectivity index (χ2v) is 4.35. The SMILES string of the molecule is O=C(O)C(C1CCCCC1)n1cc[nH]c1=O. The first-order valence-electron chi connectivity index (χ1n) is 5.68. The monoisotopic (exact) mass is 224 g/mol. The van der Waals surface area contributed by atoms with Gasteiger partial charge in [0.25, 0.3) is 0 Å². The topological polar surface area (TPSA) is 75.1 Å². The van der Waals surface area contributed by atoms with Crippen LogP contribution in [0.1, 0.15) is 38.1 Å². The Bertz CT molecular complexity index is 415. The number of hydrogen-bond acceptors (Lipinski definition) is 2. The molecule has 16 heavy (non-hydrogen) atoms. The van der Waals surface area contributed by atoms with Gasteiger partial charge in [-0.05, 0) is 18.8 Å². The minimum atomic E-state index is -0.909. The van der Waals surface area contributed by atoms with E-state index in [4.69, 9.17) is 0 Å². The molecular formula is C11H16N2O3. The first-order valence-corrected chi connectivity index (χ1v) is 5.68. The molecule has 5 nitrogen and oxygen atoms in total. The van der Waals surface area contributed by atoms with Crippen LogP contribution in [-0.4, -0.2) is 20.6 Å². The second kappa shape index (κ2) is 4.55. The molecule has 2 rings (SSSR count). The lowest BCUT2D eigenvalue weighted by Gasteiger charge is -2.27. The average Bonchev–Trinajstić information content (AvgIpc) is 2.66. The molecule has 1 fully saturated rings. The molecule has 0 aromatic carbocycles. The van der Waals surface area contributed by atoms with Crippen molar-refractivity contribution in [2.75, 3.05) is 0 Å². The molecular weight excluding hydrogens is 208 g/mol. The Labute approximate surface area is 93.1 Å². The smallest absolute Gasteiger partial charge is 0.327 e. The van der Waals surface area contributed by atoms with E-state index in [0.717, 1.165) is 25.7 Å². The highest BCUT2D eigenvalue weighted by Crippen LogP contribution is 2.32. The van der Waals surface area contributed by atoms with Gasteiger partial charge in [0.15, 0.2) is 0 Å². The summed E-state index contributed by atoms with van der Waals surface area (Å²) in [5, 5.41) is 9.25. The summed E-state index contributed by atoms with van der Waals surface area (Å²) in [6.45, 7) is 0. The van der Waals surface area contributed by atoms with E-state index in [0.29, 0.717) is 0 Å². The van der Waals surface area contributed by atoms with E-state index in [1.807, 2.05) is 0 Å². The van der Waals surface area contributed by atoms with Crippen molar-refractivity contribution in [3.63, 3.8) is 0 Å². The van der Waals surface area contributed by atoms with Crippen molar-refractivity contribution in [3.05, 3.63) is 22.9 Å². The van der Waals surface area contributed by atoms with E-state index in [1.54, 1.807) is 0 Å². The van der Waals surface area contributed by atoms with E-state index >= 15 is 0 Å². The average molecular weight is 224 g/mol. The summed E-state index contributed by atoms with van der Waals surface area (Å²) in [5.41, 5.74) is -0.335. The maximum Gasteiger partial charge on any atom is 0.327 e. The number of H-pyrrole nitrogens is 1. The van der Waals surface area contributed by atoms with E-state index < -0.39 is 12.0 Å². The fourth-order valence-corrected chi connectivity index (χ4v) is 2.55. The van der Waals surface area contributed by atoms with Gasteiger partial charge in [-0.1, -0.05) is 19.3 Å². The number of imidazole rings is 1. The van der Waals surface area contributed by atoms with Crippen LogP contribution in [0, 0.1) is 5.92 Å². The van der Waals surface area contributed by atoms with Gasteiger partial charge >= 0.3 is 11.7 Å². The highest BCUT2D eigenvalue weighted by Gasteiger charge is 2.31. The van der Waals surface area contributed by atoms with E-state index in [2.05, 4.69) is 4.98 Å². The fourth-order valence-electron chi connectivity index (χ4n) is 2.55. The van der Waals surface area contributed by atoms with Gasteiger partial charge in [0.05, 0.1) is 0 Å². The maximum atomic E-state index is 11.5. The van der Waals surface area contributed by atoms with Crippen LogP contribution in [0.3, 0.4) is 0 Å². The predicted octanol–water partition coefficient (Wildman–Crippen LogP) is 1.38. The Morgan fingerprint density at radius 2 is 2.12 bits per heavy atom. The largest absolute Gasteiger partial charge is 0.480 e. The summed E-state index contributed by atoms with van der Waals surface area (Å²) in [5.74, 6) is -0.826. The number of aliphatic carboxylic acids is 1. The van der Waals surface area contributed by atoms with Gasteiger partial charge in [0, 0.05) is 12.4 Å². The van der Waals surface area contributed by atoms with Crippen LogP contribution in [0.2, 0.25) is 0 Å². The van der Waals surface area contributed by atoms with Gasteiger partial charge in [0.1, 0.15) is 6.04 Å². The molecule has 1 aromatic heterocycles. The van der Waals surface area contributed by atoms with Crippen molar-refractivity contribution in [2.45, 2.75) is 38.1 Å². The Morgan fingerprint density at radius 1 is 1.44 bits per heavy atom. The Hall–Kier alpha value is -1.52. The first kappa shape index (κ1) is 11.0. The lowest BCUT2D eigenvalue weighted by Crippen LogP contribution is -2.34. The Kier molecular flexibility index (Phi) is 3.12. The fraction of sp³-hybridized carbons (Fsp3) is 0.636. The first-order chi connectivity index (χ1) is 7.70. The molecule has 1 saturated carbocycles. The van der Waals surface area contributed by atoms with E-state index in [-0.39, 0.29) is 11.6 Å². The molecule has 1 atom stereocenters. The molecule has 0 aliphatic heterocycles. The minimum Gasteiger partial charge on any atom is -0.480 e. The van der Waals surface area contributed by atoms with Crippen molar-refractivity contribution < 1.29 is 9.90 Å². The highest BCUT2D eigenvalue weighted by molar-refractivity contribution is 5.72. The standard InChI is InChI=1S/C11H16N2O3/c14-10(15)9(8-4-2-1-3-5-8)13-7-6-12-11(13)16/h6-9H,1-5H2,(H,12,16)(H,14,15). The van der Waals surface area contributed by atoms with Crippen molar-refractivity contribution in [2.24, 2.45) is 5.92 Å². The number of aromatic amines is 1. The van der Waals surface area contributed by atoms with Gasteiger partial charge < -0.3 is 10.1 Å². The third-order valence-electron chi connectivity index (χ3n) is 3.33. The molecule has 0 radical (unpaired) electrons. The number of rotatable bonds is 3. The van der Waals surface area contributed by atoms with Crippen LogP contribution in [0.25, 0.3) is 0 Å². The normalized spacial score (nSPS) is 19.5. The highest BCUT2D eigenvalue weighted by atomic mass is 16.4. The summed E-state index contributed by atoms with van der Waals surface area (Å²) < 4.78 is 1.30. The van der Waals surface area contributed by atoms with Gasteiger partial charge in [-0.25, -0.2) is 9.59 Å².